The van der Waals surface area contributed by atoms with Gasteiger partial charge in [-0.3, -0.25) is 4.57 Å². The van der Waals surface area contributed by atoms with Gasteiger partial charge in [-0.1, -0.05) is 17.8 Å². The number of hydrogen-bond donors (Lipinski definition) is 1. The maximum absolute atomic E-state index is 13.0. The molecule has 0 aliphatic carbocycles. The minimum atomic E-state index is -4.40. The van der Waals surface area contributed by atoms with Gasteiger partial charge >= 0.3 is 6.18 Å². The van der Waals surface area contributed by atoms with Crippen LogP contribution in [-0.2, 0) is 17.5 Å². The average Bonchev–Trinajstić information content (AvgIpc) is 3.03. The van der Waals surface area contributed by atoms with Crippen molar-refractivity contribution < 1.29 is 17.9 Å². The van der Waals surface area contributed by atoms with E-state index in [9.17, 15) is 13.2 Å². The number of rotatable bonds is 5. The molecule has 0 saturated carbocycles. The summed E-state index contributed by atoms with van der Waals surface area (Å²) in [5.41, 5.74) is 5.34. The summed E-state index contributed by atoms with van der Waals surface area (Å²) in [5, 5.41) is 8.68. The minimum absolute atomic E-state index is 0. The van der Waals surface area contributed by atoms with Crippen LogP contribution in [0, 0.1) is 5.92 Å². The summed E-state index contributed by atoms with van der Waals surface area (Å²) >= 11 is 1.47. The number of nitrogens with two attached hydrogens (primary N) is 1. The zero-order valence-electron chi connectivity index (χ0n) is 13.9. The second kappa shape index (κ2) is 9.07. The van der Waals surface area contributed by atoms with Crippen LogP contribution in [0.25, 0.3) is 5.69 Å². The Balaban J connectivity index is 0.00000243. The van der Waals surface area contributed by atoms with Crippen molar-refractivity contribution in [1.82, 2.24) is 14.8 Å². The number of benzene rings is 1. The Bertz CT molecular complexity index is 720. The molecule has 2 heterocycles. The summed E-state index contributed by atoms with van der Waals surface area (Å²) in [6, 6.07) is 5.12. The molecule has 2 N–H and O–H groups in total. The Hall–Kier alpha value is -1.29. The summed E-state index contributed by atoms with van der Waals surface area (Å²) in [5.74, 6) is 1.62. The zero-order chi connectivity index (χ0) is 17.9. The number of ether oxygens (including phenoxy) is 1. The lowest BCUT2D eigenvalue weighted by Gasteiger charge is -2.21. The molecule has 0 radical (unpaired) electrons. The van der Waals surface area contributed by atoms with Gasteiger partial charge in [-0.25, -0.2) is 0 Å². The molecule has 1 aliphatic heterocycles. The molecule has 0 bridgehead atoms. The van der Waals surface area contributed by atoms with E-state index in [0.717, 1.165) is 37.3 Å². The zero-order valence-corrected chi connectivity index (χ0v) is 15.5. The highest BCUT2D eigenvalue weighted by atomic mass is 35.5. The fraction of sp³-hybridized carbons (Fsp3) is 0.500. The monoisotopic (exact) mass is 408 g/mol. The van der Waals surface area contributed by atoms with Crippen LogP contribution in [0.4, 0.5) is 13.2 Å². The second-order valence-corrected chi connectivity index (χ2v) is 6.87. The molecule has 1 saturated heterocycles. The number of thioether (sulfide) groups is 1. The molecule has 3 rings (SSSR count). The van der Waals surface area contributed by atoms with E-state index in [1.165, 1.54) is 17.8 Å². The van der Waals surface area contributed by atoms with Gasteiger partial charge < -0.3 is 10.5 Å². The van der Waals surface area contributed by atoms with Gasteiger partial charge in [0.25, 0.3) is 0 Å². The van der Waals surface area contributed by atoms with Crippen LogP contribution in [0.5, 0.6) is 0 Å². The maximum Gasteiger partial charge on any atom is 0.416 e. The Morgan fingerprint density at radius 1 is 1.31 bits per heavy atom. The smallest absolute Gasteiger partial charge is 0.381 e. The van der Waals surface area contributed by atoms with Crippen molar-refractivity contribution >= 4 is 24.2 Å². The van der Waals surface area contributed by atoms with Gasteiger partial charge in [0.2, 0.25) is 0 Å². The van der Waals surface area contributed by atoms with Crippen molar-refractivity contribution in [2.24, 2.45) is 11.7 Å². The Morgan fingerprint density at radius 3 is 2.77 bits per heavy atom. The van der Waals surface area contributed by atoms with Crippen LogP contribution in [-0.4, -0.2) is 33.7 Å². The molecule has 10 heteroatoms. The number of nitrogens with zero attached hydrogens (tertiary/aromatic N) is 3. The topological polar surface area (TPSA) is 66.0 Å². The summed E-state index contributed by atoms with van der Waals surface area (Å²) < 4.78 is 46.1. The first-order chi connectivity index (χ1) is 12.0. The molecule has 5 nitrogen and oxygen atoms in total. The molecule has 1 atom stereocenters. The average molecular weight is 409 g/mol. The van der Waals surface area contributed by atoms with E-state index in [1.54, 1.807) is 10.6 Å². The molecule has 0 spiro atoms. The molecule has 1 aromatic heterocycles. The molecular formula is C16H20ClF3N4OS. The largest absolute Gasteiger partial charge is 0.416 e. The highest BCUT2D eigenvalue weighted by Gasteiger charge is 2.31. The van der Waals surface area contributed by atoms with Gasteiger partial charge in [0.05, 0.1) is 24.4 Å². The van der Waals surface area contributed by atoms with Gasteiger partial charge in [0.1, 0.15) is 0 Å². The van der Waals surface area contributed by atoms with Crippen LogP contribution >= 0.6 is 24.2 Å². The van der Waals surface area contributed by atoms with Crippen molar-refractivity contribution in [3.05, 3.63) is 35.7 Å². The number of alkyl halides is 3. The molecular weight excluding hydrogens is 389 g/mol. The Kier molecular flexibility index (Phi) is 7.33. The Morgan fingerprint density at radius 2 is 2.12 bits per heavy atom. The number of hydrogen-bond acceptors (Lipinski definition) is 5. The lowest BCUT2D eigenvalue weighted by molar-refractivity contribution is -0.137. The third-order valence-electron chi connectivity index (χ3n) is 4.02. The molecule has 1 unspecified atom stereocenters. The molecule has 1 aromatic carbocycles. The van der Waals surface area contributed by atoms with Crippen LogP contribution in [0.15, 0.2) is 29.4 Å². The van der Waals surface area contributed by atoms with Crippen molar-refractivity contribution in [3.8, 4) is 5.69 Å². The van der Waals surface area contributed by atoms with Crippen LogP contribution in [0.2, 0.25) is 0 Å². The van der Waals surface area contributed by atoms with E-state index in [-0.39, 0.29) is 19.0 Å². The van der Waals surface area contributed by atoms with Gasteiger partial charge in [0, 0.05) is 12.4 Å². The third kappa shape index (κ3) is 4.91. The van der Waals surface area contributed by atoms with E-state index in [1.807, 2.05) is 0 Å². The molecule has 0 amide bonds. The van der Waals surface area contributed by atoms with Crippen LogP contribution in [0.1, 0.15) is 24.2 Å². The van der Waals surface area contributed by atoms with E-state index in [0.29, 0.717) is 29.2 Å². The normalized spacial score (nSPS) is 17.8. The number of halogens is 4. The molecule has 2 aromatic rings. The van der Waals surface area contributed by atoms with E-state index in [4.69, 9.17) is 10.5 Å². The quantitative estimate of drug-likeness (QED) is 0.764. The van der Waals surface area contributed by atoms with Gasteiger partial charge in [-0.15, -0.1) is 22.6 Å². The van der Waals surface area contributed by atoms with Crippen LogP contribution in [0.3, 0.4) is 0 Å². The first-order valence-electron chi connectivity index (χ1n) is 8.01. The van der Waals surface area contributed by atoms with Crippen molar-refractivity contribution in [1.29, 1.82) is 0 Å². The lowest BCUT2D eigenvalue weighted by Crippen LogP contribution is -2.19. The van der Waals surface area contributed by atoms with Crippen molar-refractivity contribution in [3.63, 3.8) is 0 Å². The van der Waals surface area contributed by atoms with E-state index >= 15 is 0 Å². The summed E-state index contributed by atoms with van der Waals surface area (Å²) in [7, 11) is 0. The predicted molar refractivity (Wildman–Crippen MR) is 95.8 cm³/mol. The van der Waals surface area contributed by atoms with Crippen LogP contribution < -0.4 is 5.73 Å². The lowest BCUT2D eigenvalue weighted by atomic mass is 10.1. The fourth-order valence-electron chi connectivity index (χ4n) is 2.74. The van der Waals surface area contributed by atoms with Gasteiger partial charge in [-0.05, 0) is 37.0 Å². The summed E-state index contributed by atoms with van der Waals surface area (Å²) in [6.45, 7) is 1.59. The Labute approximate surface area is 159 Å². The predicted octanol–water partition coefficient (Wildman–Crippen LogP) is 3.69. The fourth-order valence-corrected chi connectivity index (χ4v) is 3.82. The molecule has 144 valence electrons. The highest BCUT2D eigenvalue weighted by molar-refractivity contribution is 7.99. The SMILES string of the molecule is Cl.NCc1nnc(SCC2CCCOC2)n1-c1cccc(C(F)(F)F)c1. The number of aromatic nitrogens is 3. The summed E-state index contributed by atoms with van der Waals surface area (Å²) in [6.07, 6.45) is -2.30. The van der Waals surface area contributed by atoms with Gasteiger partial charge in [0.15, 0.2) is 11.0 Å². The maximum atomic E-state index is 13.0. The second-order valence-electron chi connectivity index (χ2n) is 5.88. The summed E-state index contributed by atoms with van der Waals surface area (Å²) in [4.78, 5) is 0. The van der Waals surface area contributed by atoms with E-state index < -0.39 is 11.7 Å². The highest BCUT2D eigenvalue weighted by Crippen LogP contribution is 2.32. The molecule has 26 heavy (non-hydrogen) atoms. The first kappa shape index (κ1) is 21.0. The molecule has 1 aliphatic rings. The third-order valence-corrected chi connectivity index (χ3v) is 5.18. The minimum Gasteiger partial charge on any atom is -0.381 e. The first-order valence-corrected chi connectivity index (χ1v) is 9.00. The standard InChI is InChI=1S/C16H19F3N4OS.ClH/c17-16(18,19)12-4-1-5-13(7-12)23-14(8-20)21-22-15(23)25-10-11-3-2-6-24-9-11;/h1,4-5,7,11H,2-3,6,8-10,20H2;1H. The van der Waals surface area contributed by atoms with Crippen molar-refractivity contribution in [2.75, 3.05) is 19.0 Å². The van der Waals surface area contributed by atoms with Crippen molar-refractivity contribution in [2.45, 2.75) is 30.7 Å². The van der Waals surface area contributed by atoms with Gasteiger partial charge in [-0.2, -0.15) is 13.2 Å². The van der Waals surface area contributed by atoms with E-state index in [2.05, 4.69) is 10.2 Å². The molecule has 1 fully saturated rings.